The fourth-order valence-electron chi connectivity index (χ4n) is 1.08. The van der Waals surface area contributed by atoms with E-state index in [1.54, 1.807) is 0 Å². The molecule has 0 atom stereocenters. The Morgan fingerprint density at radius 3 is 2.00 bits per heavy atom. The van der Waals surface area contributed by atoms with Crippen LogP contribution >= 0.6 is 27.7 Å². The molecule has 0 aliphatic rings. The van der Waals surface area contributed by atoms with Gasteiger partial charge in [0.1, 0.15) is 0 Å². The zero-order valence-electron chi connectivity index (χ0n) is 7.79. The molecule has 17 heavy (non-hydrogen) atoms. The lowest BCUT2D eigenvalue weighted by molar-refractivity contribution is -0.140. The van der Waals surface area contributed by atoms with Crippen LogP contribution in [-0.4, -0.2) is 5.51 Å². The van der Waals surface area contributed by atoms with Crippen molar-refractivity contribution in [2.75, 3.05) is 5.73 Å². The zero-order chi connectivity index (χ0) is 13.4. The summed E-state index contributed by atoms with van der Waals surface area (Å²) in [6, 6.07) is 1.55. The molecule has 0 saturated heterocycles. The third-order valence-electron chi connectivity index (χ3n) is 1.59. The molecule has 0 unspecified atom stereocenters. The van der Waals surface area contributed by atoms with Gasteiger partial charge in [0.15, 0.2) is 0 Å². The predicted molar refractivity (Wildman–Crippen MR) is 55.5 cm³/mol. The molecule has 0 aliphatic carbocycles. The summed E-state index contributed by atoms with van der Waals surface area (Å²) in [4.78, 5) is -0.975. The van der Waals surface area contributed by atoms with Gasteiger partial charge >= 0.3 is 11.7 Å². The molecule has 2 N–H and O–H groups in total. The van der Waals surface area contributed by atoms with Gasteiger partial charge < -0.3 is 5.73 Å². The van der Waals surface area contributed by atoms with Crippen molar-refractivity contribution in [1.29, 1.82) is 0 Å². The Balaban J connectivity index is 3.36. The molecule has 0 saturated carbocycles. The van der Waals surface area contributed by atoms with Gasteiger partial charge in [0.25, 0.3) is 0 Å². The molecule has 0 bridgehead atoms. The van der Waals surface area contributed by atoms with Gasteiger partial charge in [-0.3, -0.25) is 0 Å². The van der Waals surface area contributed by atoms with Crippen molar-refractivity contribution in [1.82, 2.24) is 0 Å². The van der Waals surface area contributed by atoms with Crippen LogP contribution in [0.15, 0.2) is 21.5 Å². The lowest BCUT2D eigenvalue weighted by Crippen LogP contribution is -2.11. The van der Waals surface area contributed by atoms with Crippen molar-refractivity contribution in [3.05, 3.63) is 22.2 Å². The summed E-state index contributed by atoms with van der Waals surface area (Å²) in [5, 5.41) is 0. The first kappa shape index (κ1) is 14.5. The minimum Gasteiger partial charge on any atom is -0.399 e. The number of nitrogens with two attached hydrogens (primary N) is 1. The molecule has 0 heterocycles. The van der Waals surface area contributed by atoms with Crippen molar-refractivity contribution in [3.63, 3.8) is 0 Å². The van der Waals surface area contributed by atoms with Crippen LogP contribution in [0.5, 0.6) is 0 Å². The van der Waals surface area contributed by atoms with Crippen LogP contribution in [0, 0.1) is 0 Å². The van der Waals surface area contributed by atoms with E-state index < -0.39 is 38.4 Å². The molecule has 1 rings (SSSR count). The number of thioether (sulfide) groups is 1. The number of anilines is 1. The lowest BCUT2D eigenvalue weighted by Gasteiger charge is -2.16. The number of rotatable bonds is 1. The first-order valence-electron chi connectivity index (χ1n) is 3.92. The second-order valence-corrected chi connectivity index (χ2v) is 4.88. The second-order valence-electron chi connectivity index (χ2n) is 2.92. The molecule has 0 fully saturated rings. The topological polar surface area (TPSA) is 26.0 Å². The van der Waals surface area contributed by atoms with E-state index in [1.807, 2.05) is 0 Å². The monoisotopic (exact) mass is 339 g/mol. The first-order chi connectivity index (χ1) is 7.50. The molecule has 1 aromatic rings. The van der Waals surface area contributed by atoms with Gasteiger partial charge in [0.2, 0.25) is 0 Å². The average Bonchev–Trinajstić information content (AvgIpc) is 1.94. The molecule has 0 spiro atoms. The predicted octanol–water partition coefficient (Wildman–Crippen LogP) is 4.66. The van der Waals surface area contributed by atoms with Crippen LogP contribution in [0.1, 0.15) is 5.56 Å². The smallest absolute Gasteiger partial charge is 0.399 e. The normalized spacial score (nSPS) is 12.9. The maximum Gasteiger partial charge on any atom is 0.446 e. The third kappa shape index (κ3) is 3.98. The molecule has 96 valence electrons. The van der Waals surface area contributed by atoms with E-state index in [9.17, 15) is 26.3 Å². The SMILES string of the molecule is Nc1cc(Br)c(C(F)(F)F)c(SC(F)(F)F)c1. The second kappa shape index (κ2) is 4.60. The van der Waals surface area contributed by atoms with Crippen molar-refractivity contribution in [2.45, 2.75) is 16.6 Å². The molecule has 0 aromatic heterocycles. The maximum absolute atomic E-state index is 12.6. The number of benzene rings is 1. The Labute approximate surface area is 104 Å². The standard InChI is InChI=1S/C8H4BrF6NS/c9-4-1-3(16)2-5(17-8(13,14)15)6(4)7(10,11)12/h1-2H,16H2. The summed E-state index contributed by atoms with van der Waals surface area (Å²) in [5.41, 5.74) is -1.16. The molecule has 0 radical (unpaired) electrons. The van der Waals surface area contributed by atoms with E-state index in [-0.39, 0.29) is 5.69 Å². The van der Waals surface area contributed by atoms with E-state index in [2.05, 4.69) is 15.9 Å². The Kier molecular flexibility index (Phi) is 3.92. The van der Waals surface area contributed by atoms with Crippen molar-refractivity contribution in [3.8, 4) is 0 Å². The fourth-order valence-corrected chi connectivity index (χ4v) is 2.69. The van der Waals surface area contributed by atoms with E-state index in [0.29, 0.717) is 6.07 Å². The van der Waals surface area contributed by atoms with Crippen LogP contribution in [0.4, 0.5) is 32.0 Å². The number of hydrogen-bond donors (Lipinski definition) is 1. The van der Waals surface area contributed by atoms with Gasteiger partial charge in [-0.15, -0.1) is 0 Å². The summed E-state index contributed by atoms with van der Waals surface area (Å²) < 4.78 is 73.5. The Morgan fingerprint density at radius 2 is 1.59 bits per heavy atom. The number of alkyl halides is 6. The van der Waals surface area contributed by atoms with Crippen molar-refractivity contribution >= 4 is 33.4 Å². The molecule has 0 amide bonds. The van der Waals surface area contributed by atoms with Gasteiger partial charge in [-0.05, 0) is 23.9 Å². The summed E-state index contributed by atoms with van der Waals surface area (Å²) in [6.45, 7) is 0. The van der Waals surface area contributed by atoms with Gasteiger partial charge in [-0.2, -0.15) is 26.3 Å². The van der Waals surface area contributed by atoms with Crippen LogP contribution in [0.25, 0.3) is 0 Å². The number of nitrogen functional groups attached to an aromatic ring is 1. The summed E-state index contributed by atoms with van der Waals surface area (Å²) in [6.07, 6.45) is -4.89. The van der Waals surface area contributed by atoms with Crippen LogP contribution in [0.3, 0.4) is 0 Å². The molecule has 1 nitrogen and oxygen atoms in total. The van der Waals surface area contributed by atoms with Gasteiger partial charge in [-0.25, -0.2) is 0 Å². The molecular formula is C8H4BrF6NS. The maximum atomic E-state index is 12.6. The van der Waals surface area contributed by atoms with Gasteiger partial charge in [0.05, 0.1) is 5.56 Å². The zero-order valence-corrected chi connectivity index (χ0v) is 10.2. The first-order valence-corrected chi connectivity index (χ1v) is 5.53. The highest BCUT2D eigenvalue weighted by Crippen LogP contribution is 2.47. The van der Waals surface area contributed by atoms with E-state index in [1.165, 1.54) is 0 Å². The minimum atomic E-state index is -4.89. The molecule has 9 heteroatoms. The Hall–Kier alpha value is -0.570. The van der Waals surface area contributed by atoms with Gasteiger partial charge in [-0.1, -0.05) is 15.9 Å². The number of halogens is 7. The minimum absolute atomic E-state index is 0.184. The Bertz CT molecular complexity index is 427. The third-order valence-corrected chi connectivity index (χ3v) is 2.98. The highest BCUT2D eigenvalue weighted by atomic mass is 79.9. The average molecular weight is 340 g/mol. The number of hydrogen-bond acceptors (Lipinski definition) is 2. The van der Waals surface area contributed by atoms with Crippen LogP contribution in [-0.2, 0) is 6.18 Å². The molecular weight excluding hydrogens is 336 g/mol. The highest BCUT2D eigenvalue weighted by molar-refractivity contribution is 9.10. The van der Waals surface area contributed by atoms with Crippen molar-refractivity contribution < 1.29 is 26.3 Å². The summed E-state index contributed by atoms with van der Waals surface area (Å²) in [5.74, 6) is 0. The summed E-state index contributed by atoms with van der Waals surface area (Å²) >= 11 is 1.71. The van der Waals surface area contributed by atoms with E-state index in [4.69, 9.17) is 5.73 Å². The summed E-state index contributed by atoms with van der Waals surface area (Å²) in [7, 11) is 0. The van der Waals surface area contributed by atoms with Crippen molar-refractivity contribution in [2.24, 2.45) is 0 Å². The Morgan fingerprint density at radius 1 is 1.06 bits per heavy atom. The highest BCUT2D eigenvalue weighted by Gasteiger charge is 2.40. The fraction of sp³-hybridized carbons (Fsp3) is 0.250. The van der Waals surface area contributed by atoms with E-state index in [0.717, 1.165) is 6.07 Å². The molecule has 0 aliphatic heterocycles. The van der Waals surface area contributed by atoms with Gasteiger partial charge in [0, 0.05) is 15.1 Å². The molecule has 1 aromatic carbocycles. The van der Waals surface area contributed by atoms with Crippen LogP contribution < -0.4 is 5.73 Å². The quantitative estimate of drug-likeness (QED) is 0.457. The van der Waals surface area contributed by atoms with Crippen LogP contribution in [0.2, 0.25) is 0 Å². The largest absolute Gasteiger partial charge is 0.446 e. The lowest BCUT2D eigenvalue weighted by atomic mass is 10.2. The van der Waals surface area contributed by atoms with E-state index >= 15 is 0 Å².